The highest BCUT2D eigenvalue weighted by Gasteiger charge is 2.06. The van der Waals surface area contributed by atoms with Gasteiger partial charge in [-0.3, -0.25) is 0 Å². The first-order valence-corrected chi connectivity index (χ1v) is 6.13. The van der Waals surface area contributed by atoms with E-state index in [1.165, 1.54) is 22.1 Å². The third-order valence-corrected chi connectivity index (χ3v) is 3.27. The summed E-state index contributed by atoms with van der Waals surface area (Å²) in [5, 5.41) is 2.56. The van der Waals surface area contributed by atoms with Crippen LogP contribution in [0.15, 0.2) is 72.8 Å². The van der Waals surface area contributed by atoms with Crippen LogP contribution in [0.5, 0.6) is 0 Å². The third-order valence-electron chi connectivity index (χ3n) is 3.27. The second-order valence-corrected chi connectivity index (χ2v) is 4.39. The average molecular weight is 265 g/mol. The van der Waals surface area contributed by atoms with Crippen LogP contribution >= 0.6 is 0 Å². The summed E-state index contributed by atoms with van der Waals surface area (Å²) < 4.78 is 0. The second-order valence-electron chi connectivity index (χ2n) is 4.39. The predicted octanol–water partition coefficient (Wildman–Crippen LogP) is 5.88. The molecule has 0 fully saturated rings. The molecule has 0 aromatic heterocycles. The van der Waals surface area contributed by atoms with Crippen LogP contribution in [0, 0.1) is 0 Å². The Kier molecular flexibility index (Phi) is 5.33. The number of anilines is 2. The standard InChI is InChI=1S/C17H15N.2CH4/c1-18(15-10-3-2-4-11-15)17-13-7-9-14-8-5-6-12-16(14)17;;/h2-13H,1H3;2*1H4. The van der Waals surface area contributed by atoms with Gasteiger partial charge in [-0.15, -0.1) is 0 Å². The molecule has 0 heterocycles. The molecule has 1 nitrogen and oxygen atoms in total. The fourth-order valence-corrected chi connectivity index (χ4v) is 2.29. The summed E-state index contributed by atoms with van der Waals surface area (Å²) in [6, 6.07) is 25.3. The van der Waals surface area contributed by atoms with E-state index < -0.39 is 0 Å². The highest BCUT2D eigenvalue weighted by molar-refractivity contribution is 5.95. The first-order valence-electron chi connectivity index (χ1n) is 6.13. The van der Waals surface area contributed by atoms with Gasteiger partial charge in [-0.1, -0.05) is 69.5 Å². The number of benzene rings is 3. The molecular weight excluding hydrogens is 242 g/mol. The van der Waals surface area contributed by atoms with Crippen LogP contribution < -0.4 is 4.90 Å². The van der Waals surface area contributed by atoms with Crippen molar-refractivity contribution in [2.24, 2.45) is 0 Å². The number of rotatable bonds is 2. The summed E-state index contributed by atoms with van der Waals surface area (Å²) in [5.41, 5.74) is 2.44. The van der Waals surface area contributed by atoms with Crippen molar-refractivity contribution in [3.63, 3.8) is 0 Å². The molecule has 0 aliphatic rings. The Labute approximate surface area is 122 Å². The van der Waals surface area contributed by atoms with E-state index in [2.05, 4.69) is 78.7 Å². The van der Waals surface area contributed by atoms with Crippen molar-refractivity contribution < 1.29 is 0 Å². The van der Waals surface area contributed by atoms with Gasteiger partial charge in [0.05, 0.1) is 0 Å². The topological polar surface area (TPSA) is 3.24 Å². The van der Waals surface area contributed by atoms with Gasteiger partial charge in [0.2, 0.25) is 0 Å². The molecule has 0 radical (unpaired) electrons. The van der Waals surface area contributed by atoms with Gasteiger partial charge < -0.3 is 4.90 Å². The lowest BCUT2D eigenvalue weighted by Crippen LogP contribution is -2.09. The minimum absolute atomic E-state index is 0. The quantitative estimate of drug-likeness (QED) is 0.559. The molecule has 3 aromatic carbocycles. The maximum atomic E-state index is 2.22. The van der Waals surface area contributed by atoms with Crippen LogP contribution in [0.4, 0.5) is 11.4 Å². The Hall–Kier alpha value is -2.28. The van der Waals surface area contributed by atoms with Gasteiger partial charge in [0.25, 0.3) is 0 Å². The molecule has 3 rings (SSSR count). The summed E-state index contributed by atoms with van der Waals surface area (Å²) in [5.74, 6) is 0. The van der Waals surface area contributed by atoms with Gasteiger partial charge in [0.1, 0.15) is 0 Å². The summed E-state index contributed by atoms with van der Waals surface area (Å²) >= 11 is 0. The fraction of sp³-hybridized carbons (Fsp3) is 0.158. The van der Waals surface area contributed by atoms with Crippen LogP contribution in [0.1, 0.15) is 14.9 Å². The van der Waals surface area contributed by atoms with Gasteiger partial charge >= 0.3 is 0 Å². The van der Waals surface area contributed by atoms with Crippen molar-refractivity contribution in [2.45, 2.75) is 14.9 Å². The van der Waals surface area contributed by atoms with E-state index in [1.807, 2.05) is 6.07 Å². The summed E-state index contributed by atoms with van der Waals surface area (Å²) in [4.78, 5) is 2.22. The maximum absolute atomic E-state index is 2.22. The van der Waals surface area contributed by atoms with E-state index in [1.54, 1.807) is 0 Å². The molecule has 104 valence electrons. The van der Waals surface area contributed by atoms with Crippen LogP contribution in [0.25, 0.3) is 10.8 Å². The molecule has 0 N–H and O–H groups in total. The zero-order chi connectivity index (χ0) is 12.4. The van der Waals surface area contributed by atoms with Gasteiger partial charge in [0, 0.05) is 23.8 Å². The lowest BCUT2D eigenvalue weighted by Gasteiger charge is -2.21. The zero-order valence-electron chi connectivity index (χ0n) is 10.4. The van der Waals surface area contributed by atoms with Crippen molar-refractivity contribution in [3.05, 3.63) is 72.8 Å². The molecule has 1 heteroatoms. The molecule has 0 atom stereocenters. The number of hydrogen-bond acceptors (Lipinski definition) is 1. The van der Waals surface area contributed by atoms with Crippen molar-refractivity contribution in [1.82, 2.24) is 0 Å². The van der Waals surface area contributed by atoms with E-state index >= 15 is 0 Å². The monoisotopic (exact) mass is 265 g/mol. The Morgan fingerprint density at radius 2 is 1.25 bits per heavy atom. The zero-order valence-corrected chi connectivity index (χ0v) is 10.4. The SMILES string of the molecule is C.C.CN(c1ccccc1)c1cccc2ccccc12. The first-order chi connectivity index (χ1) is 8.86. The fourth-order valence-electron chi connectivity index (χ4n) is 2.29. The van der Waals surface area contributed by atoms with Gasteiger partial charge in [0.15, 0.2) is 0 Å². The molecule has 0 aliphatic heterocycles. The van der Waals surface area contributed by atoms with E-state index in [-0.39, 0.29) is 14.9 Å². The largest absolute Gasteiger partial charge is 0.344 e. The van der Waals surface area contributed by atoms with E-state index in [4.69, 9.17) is 0 Å². The summed E-state index contributed by atoms with van der Waals surface area (Å²) in [6.45, 7) is 0. The Bertz CT molecular complexity index is 653. The lowest BCUT2D eigenvalue weighted by molar-refractivity contribution is 1.22. The molecule has 0 saturated heterocycles. The lowest BCUT2D eigenvalue weighted by atomic mass is 10.1. The molecule has 3 aromatic rings. The molecule has 0 saturated carbocycles. The van der Waals surface area contributed by atoms with Crippen LogP contribution in [-0.4, -0.2) is 7.05 Å². The molecule has 0 amide bonds. The summed E-state index contributed by atoms with van der Waals surface area (Å²) in [7, 11) is 2.11. The van der Waals surface area contributed by atoms with Crippen molar-refractivity contribution in [2.75, 3.05) is 11.9 Å². The van der Waals surface area contributed by atoms with E-state index in [9.17, 15) is 0 Å². The van der Waals surface area contributed by atoms with Crippen molar-refractivity contribution in [3.8, 4) is 0 Å². The van der Waals surface area contributed by atoms with Crippen LogP contribution in [0.2, 0.25) is 0 Å². The van der Waals surface area contributed by atoms with Crippen LogP contribution in [-0.2, 0) is 0 Å². The first kappa shape index (κ1) is 15.8. The Morgan fingerprint density at radius 3 is 2.00 bits per heavy atom. The second kappa shape index (κ2) is 6.76. The average Bonchev–Trinajstić information content (AvgIpc) is 2.47. The van der Waals surface area contributed by atoms with Crippen LogP contribution in [0.3, 0.4) is 0 Å². The highest BCUT2D eigenvalue weighted by Crippen LogP contribution is 2.30. The molecule has 0 bridgehead atoms. The molecule has 20 heavy (non-hydrogen) atoms. The smallest absolute Gasteiger partial charge is 0.0487 e. The number of hydrogen-bond donors (Lipinski definition) is 0. The minimum Gasteiger partial charge on any atom is -0.344 e. The normalized spacial score (nSPS) is 9.45. The Morgan fingerprint density at radius 1 is 0.650 bits per heavy atom. The highest BCUT2D eigenvalue weighted by atomic mass is 15.1. The van der Waals surface area contributed by atoms with Crippen molar-refractivity contribution in [1.29, 1.82) is 0 Å². The number of para-hydroxylation sites is 1. The Balaban J connectivity index is 0.000001000. The van der Waals surface area contributed by atoms with Gasteiger partial charge in [-0.2, -0.15) is 0 Å². The minimum atomic E-state index is 0. The van der Waals surface area contributed by atoms with E-state index in [0.717, 1.165) is 0 Å². The van der Waals surface area contributed by atoms with Crippen molar-refractivity contribution >= 4 is 22.1 Å². The number of nitrogens with zero attached hydrogens (tertiary/aromatic N) is 1. The van der Waals surface area contributed by atoms with E-state index in [0.29, 0.717) is 0 Å². The molecule has 0 aliphatic carbocycles. The third kappa shape index (κ3) is 2.83. The number of fused-ring (bicyclic) bond motifs is 1. The van der Waals surface area contributed by atoms with Gasteiger partial charge in [-0.05, 0) is 23.6 Å². The molecule has 0 unspecified atom stereocenters. The molecular formula is C19H23N. The predicted molar refractivity (Wildman–Crippen MR) is 91.9 cm³/mol. The maximum Gasteiger partial charge on any atom is 0.0487 e. The summed E-state index contributed by atoms with van der Waals surface area (Å²) in [6.07, 6.45) is 0. The molecule has 0 spiro atoms. The van der Waals surface area contributed by atoms with Gasteiger partial charge in [-0.25, -0.2) is 0 Å².